The van der Waals surface area contributed by atoms with Gasteiger partial charge in [-0.15, -0.1) is 0 Å². The fourth-order valence-electron chi connectivity index (χ4n) is 3.43. The molecule has 4 N–H and O–H groups in total. The minimum absolute atomic E-state index is 0.0469. The highest BCUT2D eigenvalue weighted by atomic mass is 35.5. The lowest BCUT2D eigenvalue weighted by Crippen LogP contribution is -2.39. The van der Waals surface area contributed by atoms with Crippen LogP contribution in [0, 0.1) is 5.92 Å². The van der Waals surface area contributed by atoms with Crippen LogP contribution < -0.4 is 11.4 Å². The van der Waals surface area contributed by atoms with Crippen molar-refractivity contribution in [1.29, 1.82) is 0 Å². The number of aromatic nitrogens is 4. The van der Waals surface area contributed by atoms with E-state index in [2.05, 4.69) is 9.97 Å². The predicted octanol–water partition coefficient (Wildman–Crippen LogP) is 0.810. The van der Waals surface area contributed by atoms with Gasteiger partial charge in [-0.2, -0.15) is 23.1 Å². The molecule has 13 heteroatoms. The maximum absolute atomic E-state index is 13.0. The molecule has 1 saturated carbocycles. The van der Waals surface area contributed by atoms with Gasteiger partial charge in [-0.1, -0.05) is 11.6 Å². The van der Waals surface area contributed by atoms with Crippen LogP contribution in [0.3, 0.4) is 0 Å². The molecular weight excluding hydrogens is 407 g/mol. The molecule has 1 aliphatic carbocycles. The van der Waals surface area contributed by atoms with Crippen LogP contribution in [0.25, 0.3) is 11.2 Å². The van der Waals surface area contributed by atoms with Gasteiger partial charge in [-0.25, -0.2) is 9.36 Å². The summed E-state index contributed by atoms with van der Waals surface area (Å²) in [6, 6.07) is 0. The highest BCUT2D eigenvalue weighted by molar-refractivity contribution is 6.33. The average Bonchev–Trinajstić information content (AvgIpc) is 3.27. The molecule has 3 heterocycles. The molecule has 4 atom stereocenters. The summed E-state index contributed by atoms with van der Waals surface area (Å²) in [6.07, 6.45) is -11.1. The van der Waals surface area contributed by atoms with Gasteiger partial charge in [-0.05, 0) is 18.8 Å². The van der Waals surface area contributed by atoms with Crippen LogP contribution in [-0.4, -0.2) is 53.8 Å². The molecule has 2 aromatic heterocycles. The van der Waals surface area contributed by atoms with Crippen LogP contribution in [0.2, 0.25) is 5.15 Å². The Morgan fingerprint density at radius 3 is 2.64 bits per heavy atom. The van der Waals surface area contributed by atoms with E-state index in [-0.39, 0.29) is 28.2 Å². The number of anilines is 1. The summed E-state index contributed by atoms with van der Waals surface area (Å²) in [5, 5.41) is 19.6. The second kappa shape index (κ2) is 6.58. The maximum Gasteiger partial charge on any atom is 0.416 e. The smallest absolute Gasteiger partial charge is 0.388 e. The van der Waals surface area contributed by atoms with Crippen molar-refractivity contribution in [3.63, 3.8) is 0 Å². The van der Waals surface area contributed by atoms with Gasteiger partial charge < -0.3 is 20.7 Å². The van der Waals surface area contributed by atoms with Crippen LogP contribution in [-0.2, 0) is 11.3 Å². The lowest BCUT2D eigenvalue weighted by atomic mass is 10.1. The van der Waals surface area contributed by atoms with E-state index in [1.807, 2.05) is 0 Å². The van der Waals surface area contributed by atoms with Crippen LogP contribution in [0.5, 0.6) is 0 Å². The van der Waals surface area contributed by atoms with Gasteiger partial charge in [-0.3, -0.25) is 4.57 Å². The fourth-order valence-corrected chi connectivity index (χ4v) is 3.71. The van der Waals surface area contributed by atoms with Crippen molar-refractivity contribution < 1.29 is 28.1 Å². The molecule has 0 amide bonds. The van der Waals surface area contributed by atoms with E-state index in [4.69, 9.17) is 22.1 Å². The zero-order valence-corrected chi connectivity index (χ0v) is 15.1. The molecule has 28 heavy (non-hydrogen) atoms. The van der Waals surface area contributed by atoms with E-state index in [1.165, 1.54) is 4.57 Å². The SMILES string of the molecule is Nc1nc(Cl)c2c(n1)n([C@@H]1O[C@H]([C@@H](O)C(F)(F)F)C[C@H]1O)c(=O)n2CC1CC1. The first-order valence-corrected chi connectivity index (χ1v) is 8.97. The highest BCUT2D eigenvalue weighted by Crippen LogP contribution is 2.37. The van der Waals surface area contributed by atoms with E-state index in [9.17, 15) is 28.2 Å². The molecule has 1 aliphatic heterocycles. The zero-order valence-electron chi connectivity index (χ0n) is 14.3. The number of nitrogen functional groups attached to an aromatic ring is 1. The number of imidazole rings is 1. The van der Waals surface area contributed by atoms with Gasteiger partial charge in [0.15, 0.2) is 23.1 Å². The second-order valence-electron chi connectivity index (χ2n) is 7.11. The Labute approximate surface area is 160 Å². The molecule has 2 aliphatic rings. The van der Waals surface area contributed by atoms with Crippen LogP contribution in [0.4, 0.5) is 19.1 Å². The Hall–Kier alpha value is -1.89. The Morgan fingerprint density at radius 1 is 1.36 bits per heavy atom. The third-order valence-corrected chi connectivity index (χ3v) is 5.24. The summed E-state index contributed by atoms with van der Waals surface area (Å²) in [7, 11) is 0. The van der Waals surface area contributed by atoms with Crippen molar-refractivity contribution in [2.45, 2.75) is 56.5 Å². The highest BCUT2D eigenvalue weighted by Gasteiger charge is 2.50. The third kappa shape index (κ3) is 3.23. The summed E-state index contributed by atoms with van der Waals surface area (Å²) in [5.41, 5.74) is 5.07. The van der Waals surface area contributed by atoms with Crippen molar-refractivity contribution in [2.75, 3.05) is 5.73 Å². The minimum Gasteiger partial charge on any atom is -0.388 e. The Morgan fingerprint density at radius 2 is 2.04 bits per heavy atom. The number of rotatable bonds is 4. The van der Waals surface area contributed by atoms with Gasteiger partial charge in [0.25, 0.3) is 0 Å². The fraction of sp³-hybridized carbons (Fsp3) is 0.667. The molecule has 2 aromatic rings. The summed E-state index contributed by atoms with van der Waals surface area (Å²) in [6.45, 7) is 0.326. The van der Waals surface area contributed by atoms with Gasteiger partial charge in [0.05, 0.1) is 6.10 Å². The molecule has 0 spiro atoms. The molecule has 0 bridgehead atoms. The molecule has 154 valence electrons. The number of fused-ring (bicyclic) bond motifs is 1. The standard InChI is InChI=1S/C15H17ClF3N5O4/c16-10-8-11(22-13(20)21-10)24(14(27)23(8)4-5-1-2-5)12-6(25)3-7(28-12)9(26)15(17,18)19/h5-7,9,12,25-26H,1-4H2,(H2,20,21,22)/t6-,7+,9-,12-/m1/s1. The molecule has 0 radical (unpaired) electrons. The Kier molecular flexibility index (Phi) is 4.56. The van der Waals surface area contributed by atoms with E-state index in [0.717, 1.165) is 17.4 Å². The van der Waals surface area contributed by atoms with E-state index in [1.54, 1.807) is 0 Å². The van der Waals surface area contributed by atoms with Crippen molar-refractivity contribution in [3.8, 4) is 0 Å². The van der Waals surface area contributed by atoms with Gasteiger partial charge in [0.2, 0.25) is 5.95 Å². The number of hydrogen-bond acceptors (Lipinski definition) is 7. The topological polar surface area (TPSA) is 128 Å². The normalized spacial score (nSPS) is 26.9. The molecule has 1 saturated heterocycles. The van der Waals surface area contributed by atoms with Crippen molar-refractivity contribution in [3.05, 3.63) is 15.6 Å². The first-order valence-electron chi connectivity index (χ1n) is 8.60. The molecular formula is C15H17ClF3N5O4. The Balaban J connectivity index is 1.80. The quantitative estimate of drug-likeness (QED) is 0.621. The number of halogens is 4. The first-order chi connectivity index (χ1) is 13.1. The van der Waals surface area contributed by atoms with Crippen molar-refractivity contribution in [2.24, 2.45) is 5.92 Å². The number of nitrogens with zero attached hydrogens (tertiary/aromatic N) is 4. The monoisotopic (exact) mass is 423 g/mol. The number of hydrogen-bond donors (Lipinski definition) is 3. The van der Waals surface area contributed by atoms with Crippen molar-refractivity contribution in [1.82, 2.24) is 19.1 Å². The lowest BCUT2D eigenvalue weighted by Gasteiger charge is -2.21. The molecule has 9 nitrogen and oxygen atoms in total. The third-order valence-electron chi connectivity index (χ3n) is 4.97. The van der Waals surface area contributed by atoms with E-state index < -0.39 is 42.8 Å². The largest absolute Gasteiger partial charge is 0.416 e. The zero-order chi connectivity index (χ0) is 20.4. The number of alkyl halides is 3. The number of aliphatic hydroxyl groups is 2. The van der Waals surface area contributed by atoms with Crippen LogP contribution in [0.1, 0.15) is 25.5 Å². The second-order valence-corrected chi connectivity index (χ2v) is 7.46. The summed E-state index contributed by atoms with van der Waals surface area (Å²) < 4.78 is 45.9. The van der Waals surface area contributed by atoms with Crippen molar-refractivity contribution >= 4 is 28.7 Å². The number of ether oxygens (including phenoxy) is 1. The van der Waals surface area contributed by atoms with Crippen LogP contribution >= 0.6 is 11.6 Å². The lowest BCUT2D eigenvalue weighted by molar-refractivity contribution is -0.237. The summed E-state index contributed by atoms with van der Waals surface area (Å²) in [4.78, 5) is 20.8. The van der Waals surface area contributed by atoms with Gasteiger partial charge in [0, 0.05) is 13.0 Å². The maximum atomic E-state index is 13.0. The number of nitrogens with two attached hydrogens (primary N) is 1. The summed E-state index contributed by atoms with van der Waals surface area (Å²) >= 11 is 6.14. The molecule has 0 aromatic carbocycles. The Bertz CT molecular complexity index is 973. The molecule has 0 unspecified atom stereocenters. The van der Waals surface area contributed by atoms with Crippen LogP contribution in [0.15, 0.2) is 4.79 Å². The minimum atomic E-state index is -4.93. The van der Waals surface area contributed by atoms with E-state index >= 15 is 0 Å². The molecule has 4 rings (SSSR count). The van der Waals surface area contributed by atoms with Gasteiger partial charge in [0.1, 0.15) is 11.6 Å². The predicted molar refractivity (Wildman–Crippen MR) is 90.5 cm³/mol. The summed E-state index contributed by atoms with van der Waals surface area (Å²) in [5.74, 6) is 0.0220. The molecule has 2 fully saturated rings. The first kappa shape index (κ1) is 19.4. The van der Waals surface area contributed by atoms with E-state index in [0.29, 0.717) is 6.54 Å². The average molecular weight is 424 g/mol. The van der Waals surface area contributed by atoms with Gasteiger partial charge >= 0.3 is 11.9 Å². The number of aliphatic hydroxyl groups excluding tert-OH is 2.